The Kier molecular flexibility index (Phi) is 3.46. The Bertz CT molecular complexity index is 976. The Morgan fingerprint density at radius 3 is 3.04 bits per heavy atom. The SMILES string of the molecule is O=S(=O)(c1c(Cl)nc2sccn12)N1CCn2nccc2C1CO. The molecule has 3 aromatic rings. The van der Waals surface area contributed by atoms with Crippen molar-refractivity contribution in [1.82, 2.24) is 23.5 Å². The predicted molar refractivity (Wildman–Crippen MR) is 84.0 cm³/mol. The van der Waals surface area contributed by atoms with Crippen LogP contribution in [0.1, 0.15) is 11.7 Å². The minimum absolute atomic E-state index is 0.0624. The molecule has 122 valence electrons. The van der Waals surface area contributed by atoms with Gasteiger partial charge in [-0.2, -0.15) is 9.40 Å². The first-order valence-corrected chi connectivity index (χ1v) is 9.49. The zero-order valence-corrected chi connectivity index (χ0v) is 14.1. The molecule has 1 unspecified atom stereocenters. The van der Waals surface area contributed by atoms with Gasteiger partial charge in [0.25, 0.3) is 10.0 Å². The Balaban J connectivity index is 1.86. The highest BCUT2D eigenvalue weighted by atomic mass is 35.5. The Labute approximate surface area is 140 Å². The third kappa shape index (κ3) is 2.13. The number of hydrogen-bond acceptors (Lipinski definition) is 6. The first kappa shape index (κ1) is 15.1. The van der Waals surface area contributed by atoms with Crippen molar-refractivity contribution in [2.45, 2.75) is 17.6 Å². The lowest BCUT2D eigenvalue weighted by Gasteiger charge is -2.33. The summed E-state index contributed by atoms with van der Waals surface area (Å²) in [6, 6.07) is 1.01. The van der Waals surface area contributed by atoms with E-state index in [0.29, 0.717) is 17.2 Å². The quantitative estimate of drug-likeness (QED) is 0.738. The molecule has 1 aliphatic rings. The Hall–Kier alpha value is -1.46. The molecule has 4 rings (SSSR count). The summed E-state index contributed by atoms with van der Waals surface area (Å²) >= 11 is 7.37. The summed E-state index contributed by atoms with van der Waals surface area (Å²) in [6.45, 7) is 0.283. The van der Waals surface area contributed by atoms with Crippen LogP contribution in [0.2, 0.25) is 5.15 Å². The van der Waals surface area contributed by atoms with E-state index in [9.17, 15) is 13.5 Å². The number of aromatic nitrogens is 4. The van der Waals surface area contributed by atoms with Crippen LogP contribution in [0, 0.1) is 0 Å². The third-order valence-corrected chi connectivity index (χ3v) is 6.94. The number of nitrogens with zero attached hydrogens (tertiary/aromatic N) is 5. The lowest BCUT2D eigenvalue weighted by molar-refractivity contribution is 0.158. The standard InChI is InChI=1S/C12H12ClN5O3S2/c13-10-11(16-5-6-22-12(16)15-10)23(20,21)18-4-3-17-8(1-2-14-17)9(18)7-19/h1-2,5-6,9,19H,3-4,7H2. The molecule has 1 aliphatic heterocycles. The number of imidazole rings is 1. The number of aliphatic hydroxyl groups excluding tert-OH is 1. The van der Waals surface area contributed by atoms with Gasteiger partial charge >= 0.3 is 0 Å². The molecule has 0 spiro atoms. The van der Waals surface area contributed by atoms with E-state index < -0.39 is 16.1 Å². The maximum atomic E-state index is 13.1. The zero-order chi connectivity index (χ0) is 16.2. The van der Waals surface area contributed by atoms with E-state index in [0.717, 1.165) is 0 Å². The summed E-state index contributed by atoms with van der Waals surface area (Å²) in [6.07, 6.45) is 3.21. The second-order valence-electron chi connectivity index (χ2n) is 5.06. The molecule has 1 N–H and O–H groups in total. The largest absolute Gasteiger partial charge is 0.394 e. The number of sulfonamides is 1. The summed E-state index contributed by atoms with van der Waals surface area (Å²) < 4.78 is 30.7. The molecule has 4 heterocycles. The molecule has 0 amide bonds. The summed E-state index contributed by atoms with van der Waals surface area (Å²) in [5.74, 6) is 0. The number of fused-ring (bicyclic) bond motifs is 2. The average Bonchev–Trinajstić information content (AvgIpc) is 3.19. The van der Waals surface area contributed by atoms with Crippen molar-refractivity contribution in [2.24, 2.45) is 0 Å². The number of thiazole rings is 1. The maximum Gasteiger partial charge on any atom is 0.263 e. The number of halogens is 1. The molecule has 0 saturated carbocycles. The second-order valence-corrected chi connectivity index (χ2v) is 8.09. The number of hydrogen-bond donors (Lipinski definition) is 1. The fraction of sp³-hybridized carbons (Fsp3) is 0.333. The molecule has 0 aromatic carbocycles. The van der Waals surface area contributed by atoms with Crippen molar-refractivity contribution >= 4 is 37.9 Å². The molecule has 0 aliphatic carbocycles. The summed E-state index contributed by atoms with van der Waals surface area (Å²) in [5, 5.41) is 15.5. The van der Waals surface area contributed by atoms with Crippen LogP contribution < -0.4 is 0 Å². The van der Waals surface area contributed by atoms with Crippen LogP contribution in [-0.4, -0.2) is 50.1 Å². The van der Waals surface area contributed by atoms with Crippen LogP contribution in [0.15, 0.2) is 28.9 Å². The van der Waals surface area contributed by atoms with E-state index in [1.165, 1.54) is 20.0 Å². The number of aliphatic hydroxyl groups is 1. The molecule has 8 nitrogen and oxygen atoms in total. The van der Waals surface area contributed by atoms with Crippen LogP contribution in [0.5, 0.6) is 0 Å². The zero-order valence-electron chi connectivity index (χ0n) is 11.7. The molecule has 0 radical (unpaired) electrons. The van der Waals surface area contributed by atoms with E-state index in [-0.39, 0.29) is 23.3 Å². The minimum Gasteiger partial charge on any atom is -0.394 e. The molecule has 23 heavy (non-hydrogen) atoms. The normalized spacial score (nSPS) is 19.3. The van der Waals surface area contributed by atoms with Crippen LogP contribution >= 0.6 is 22.9 Å². The van der Waals surface area contributed by atoms with Crippen molar-refractivity contribution in [3.63, 3.8) is 0 Å². The summed E-state index contributed by atoms with van der Waals surface area (Å²) in [5.41, 5.74) is 0.657. The predicted octanol–water partition coefficient (Wildman–Crippen LogP) is 0.984. The van der Waals surface area contributed by atoms with E-state index in [4.69, 9.17) is 11.6 Å². The first-order chi connectivity index (χ1) is 11.0. The van der Waals surface area contributed by atoms with Crippen molar-refractivity contribution in [1.29, 1.82) is 0 Å². The smallest absolute Gasteiger partial charge is 0.263 e. The van der Waals surface area contributed by atoms with Crippen LogP contribution in [0.3, 0.4) is 0 Å². The highest BCUT2D eigenvalue weighted by Gasteiger charge is 2.39. The van der Waals surface area contributed by atoms with Crippen molar-refractivity contribution < 1.29 is 13.5 Å². The maximum absolute atomic E-state index is 13.1. The van der Waals surface area contributed by atoms with E-state index in [2.05, 4.69) is 10.1 Å². The Morgan fingerprint density at radius 1 is 1.43 bits per heavy atom. The number of rotatable bonds is 3. The van der Waals surface area contributed by atoms with Crippen molar-refractivity contribution in [3.8, 4) is 0 Å². The van der Waals surface area contributed by atoms with Gasteiger partial charge in [0.15, 0.2) is 15.1 Å². The van der Waals surface area contributed by atoms with E-state index in [1.807, 2.05) is 0 Å². The highest BCUT2D eigenvalue weighted by Crippen LogP contribution is 2.34. The van der Waals surface area contributed by atoms with Gasteiger partial charge in [0.1, 0.15) is 0 Å². The van der Waals surface area contributed by atoms with E-state index in [1.54, 1.807) is 28.5 Å². The highest BCUT2D eigenvalue weighted by molar-refractivity contribution is 7.89. The van der Waals surface area contributed by atoms with Crippen LogP contribution in [-0.2, 0) is 16.6 Å². The molecular weight excluding hydrogens is 362 g/mol. The average molecular weight is 374 g/mol. The van der Waals surface area contributed by atoms with Gasteiger partial charge in [-0.3, -0.25) is 9.08 Å². The second kappa shape index (κ2) is 5.28. The van der Waals surface area contributed by atoms with Gasteiger partial charge in [-0.05, 0) is 6.07 Å². The van der Waals surface area contributed by atoms with Crippen molar-refractivity contribution in [3.05, 3.63) is 34.7 Å². The molecule has 0 fully saturated rings. The minimum atomic E-state index is -3.92. The van der Waals surface area contributed by atoms with Gasteiger partial charge in [-0.25, -0.2) is 13.4 Å². The van der Waals surface area contributed by atoms with Crippen LogP contribution in [0.25, 0.3) is 4.96 Å². The molecule has 0 saturated heterocycles. The lowest BCUT2D eigenvalue weighted by atomic mass is 10.2. The summed E-state index contributed by atoms with van der Waals surface area (Å²) in [7, 11) is -3.92. The fourth-order valence-corrected chi connectivity index (χ4v) is 5.86. The topological polar surface area (TPSA) is 92.7 Å². The first-order valence-electron chi connectivity index (χ1n) is 6.79. The van der Waals surface area contributed by atoms with Gasteiger partial charge in [-0.1, -0.05) is 11.6 Å². The van der Waals surface area contributed by atoms with E-state index >= 15 is 0 Å². The molecule has 11 heteroatoms. The van der Waals surface area contributed by atoms with Crippen molar-refractivity contribution in [2.75, 3.05) is 13.2 Å². The third-order valence-electron chi connectivity index (χ3n) is 3.88. The van der Waals surface area contributed by atoms with Gasteiger partial charge in [0, 0.05) is 24.3 Å². The molecule has 1 atom stereocenters. The Morgan fingerprint density at radius 2 is 2.26 bits per heavy atom. The lowest BCUT2D eigenvalue weighted by Crippen LogP contribution is -2.44. The summed E-state index contributed by atoms with van der Waals surface area (Å²) in [4.78, 5) is 4.59. The molecule has 3 aromatic heterocycles. The van der Waals surface area contributed by atoms with Crippen LogP contribution in [0.4, 0.5) is 0 Å². The monoisotopic (exact) mass is 373 g/mol. The fourth-order valence-electron chi connectivity index (χ4n) is 2.86. The van der Waals surface area contributed by atoms with Gasteiger partial charge < -0.3 is 5.11 Å². The molecular formula is C12H12ClN5O3S2. The van der Waals surface area contributed by atoms with Gasteiger partial charge in [0.05, 0.1) is 24.9 Å². The molecule has 0 bridgehead atoms. The van der Waals surface area contributed by atoms with Gasteiger partial charge in [0.2, 0.25) is 0 Å². The van der Waals surface area contributed by atoms with Gasteiger partial charge in [-0.15, -0.1) is 11.3 Å².